The highest BCUT2D eigenvalue weighted by Crippen LogP contribution is 2.27. The summed E-state index contributed by atoms with van der Waals surface area (Å²) < 4.78 is 31.3. The second kappa shape index (κ2) is 6.54. The zero-order chi connectivity index (χ0) is 17.3. The third kappa shape index (κ3) is 3.52. The molecule has 0 bridgehead atoms. The van der Waals surface area contributed by atoms with Crippen molar-refractivity contribution in [3.05, 3.63) is 63.6 Å². The fourth-order valence-electron chi connectivity index (χ4n) is 1.87. The Morgan fingerprint density at radius 1 is 1.00 bits per heavy atom. The molecule has 0 aliphatic heterocycles. The van der Waals surface area contributed by atoms with Gasteiger partial charge in [0, 0.05) is 21.2 Å². The number of hydrogen-bond donors (Lipinski definition) is 1. The highest BCUT2D eigenvalue weighted by atomic mass is 35.5. The van der Waals surface area contributed by atoms with Crippen molar-refractivity contribution in [2.45, 2.75) is 0 Å². The molecule has 3 aromatic rings. The van der Waals surface area contributed by atoms with Crippen LogP contribution in [0.25, 0.3) is 11.5 Å². The molecule has 0 fully saturated rings. The molecule has 0 saturated heterocycles. The minimum absolute atomic E-state index is 0.0833. The van der Waals surface area contributed by atoms with Crippen molar-refractivity contribution < 1.29 is 18.0 Å². The van der Waals surface area contributed by atoms with E-state index in [9.17, 15) is 13.6 Å². The number of nitrogens with zero attached hydrogens (tertiary/aromatic N) is 2. The molecule has 0 aliphatic carbocycles. The van der Waals surface area contributed by atoms with Crippen molar-refractivity contribution in [3.63, 3.8) is 0 Å². The molecule has 122 valence electrons. The molecule has 1 aromatic heterocycles. The molecule has 0 saturated carbocycles. The van der Waals surface area contributed by atoms with E-state index in [2.05, 4.69) is 15.5 Å². The third-order valence-corrected chi connectivity index (χ3v) is 3.37. The number of aromatic nitrogens is 2. The van der Waals surface area contributed by atoms with Crippen LogP contribution in [-0.2, 0) is 0 Å². The van der Waals surface area contributed by atoms with Crippen LogP contribution >= 0.6 is 23.2 Å². The van der Waals surface area contributed by atoms with E-state index in [-0.39, 0.29) is 17.5 Å². The van der Waals surface area contributed by atoms with Crippen LogP contribution in [0.1, 0.15) is 10.4 Å². The number of benzene rings is 2. The molecule has 0 aliphatic rings. The van der Waals surface area contributed by atoms with E-state index in [0.717, 1.165) is 18.2 Å². The van der Waals surface area contributed by atoms with E-state index in [1.807, 2.05) is 0 Å². The summed E-state index contributed by atoms with van der Waals surface area (Å²) in [5, 5.41) is 10.5. The normalized spacial score (nSPS) is 10.7. The third-order valence-electron chi connectivity index (χ3n) is 2.94. The summed E-state index contributed by atoms with van der Waals surface area (Å²) in [4.78, 5) is 12.0. The Morgan fingerprint density at radius 2 is 1.71 bits per heavy atom. The number of nitrogens with one attached hydrogen (secondary N) is 1. The van der Waals surface area contributed by atoms with Gasteiger partial charge < -0.3 is 4.42 Å². The van der Waals surface area contributed by atoms with Gasteiger partial charge in [-0.3, -0.25) is 10.1 Å². The van der Waals surface area contributed by atoms with Crippen LogP contribution in [0.15, 0.2) is 40.8 Å². The maximum absolute atomic E-state index is 13.1. The second-order valence-corrected chi connectivity index (χ2v) is 5.53. The number of rotatable bonds is 3. The van der Waals surface area contributed by atoms with Crippen molar-refractivity contribution in [2.75, 3.05) is 5.32 Å². The molecule has 3 rings (SSSR count). The van der Waals surface area contributed by atoms with Crippen molar-refractivity contribution >= 4 is 35.1 Å². The molecule has 1 amide bonds. The fourth-order valence-corrected chi connectivity index (χ4v) is 2.40. The first-order valence-electron chi connectivity index (χ1n) is 6.49. The average molecular weight is 370 g/mol. The maximum Gasteiger partial charge on any atom is 0.322 e. The molecule has 1 N–H and O–H groups in total. The zero-order valence-electron chi connectivity index (χ0n) is 11.7. The van der Waals surface area contributed by atoms with Gasteiger partial charge in [-0.05, 0) is 36.4 Å². The number of anilines is 1. The molecule has 0 atom stereocenters. The molecule has 9 heteroatoms. The largest absolute Gasteiger partial charge is 0.403 e. The molecular weight excluding hydrogens is 363 g/mol. The first-order valence-corrected chi connectivity index (χ1v) is 7.24. The quantitative estimate of drug-likeness (QED) is 0.733. The molecular formula is C15H7Cl2F2N3O2. The van der Waals surface area contributed by atoms with Crippen molar-refractivity contribution in [3.8, 4) is 11.5 Å². The van der Waals surface area contributed by atoms with Gasteiger partial charge in [-0.15, -0.1) is 5.10 Å². The predicted octanol–water partition coefficient (Wildman–Crippen LogP) is 4.57. The fraction of sp³-hybridized carbons (Fsp3) is 0. The summed E-state index contributed by atoms with van der Waals surface area (Å²) in [6.45, 7) is 0. The van der Waals surface area contributed by atoms with E-state index in [4.69, 9.17) is 27.6 Å². The summed E-state index contributed by atoms with van der Waals surface area (Å²) in [7, 11) is 0. The van der Waals surface area contributed by atoms with Crippen LogP contribution in [0.5, 0.6) is 0 Å². The van der Waals surface area contributed by atoms with Gasteiger partial charge in [0.2, 0.25) is 5.89 Å². The zero-order valence-corrected chi connectivity index (χ0v) is 13.2. The second-order valence-electron chi connectivity index (χ2n) is 4.65. The van der Waals surface area contributed by atoms with Crippen LogP contribution in [-0.4, -0.2) is 16.1 Å². The van der Waals surface area contributed by atoms with E-state index >= 15 is 0 Å². The standard InChI is InChI=1S/C15H7Cl2F2N3O2/c16-9-3-8(4-10(17)6-9)14-21-22-15(24-14)20-13(23)7-1-2-11(18)12(19)5-7/h1-6H,(H,20,22,23). The molecule has 1 heterocycles. The summed E-state index contributed by atoms with van der Waals surface area (Å²) in [6, 6.07) is 7.17. The van der Waals surface area contributed by atoms with Gasteiger partial charge in [0.05, 0.1) is 0 Å². The lowest BCUT2D eigenvalue weighted by Gasteiger charge is -2.01. The maximum atomic E-state index is 13.1. The first kappa shape index (κ1) is 16.4. The molecule has 5 nitrogen and oxygen atoms in total. The summed E-state index contributed by atoms with van der Waals surface area (Å²) in [5.74, 6) is -2.83. The summed E-state index contributed by atoms with van der Waals surface area (Å²) >= 11 is 11.8. The van der Waals surface area contributed by atoms with Gasteiger partial charge in [-0.2, -0.15) is 0 Å². The smallest absolute Gasteiger partial charge is 0.322 e. The molecule has 0 spiro atoms. The molecule has 24 heavy (non-hydrogen) atoms. The van der Waals surface area contributed by atoms with Gasteiger partial charge in [-0.25, -0.2) is 8.78 Å². The van der Waals surface area contributed by atoms with Crippen molar-refractivity contribution in [1.29, 1.82) is 0 Å². The minimum atomic E-state index is -1.14. The SMILES string of the molecule is O=C(Nc1nnc(-c2cc(Cl)cc(Cl)c2)o1)c1ccc(F)c(F)c1. The topological polar surface area (TPSA) is 68.0 Å². The van der Waals surface area contributed by atoms with Gasteiger partial charge in [0.1, 0.15) is 0 Å². The lowest BCUT2D eigenvalue weighted by atomic mass is 10.2. The monoisotopic (exact) mass is 369 g/mol. The minimum Gasteiger partial charge on any atom is -0.403 e. The van der Waals surface area contributed by atoms with Crippen LogP contribution < -0.4 is 5.32 Å². The first-order chi connectivity index (χ1) is 11.4. The highest BCUT2D eigenvalue weighted by molar-refractivity contribution is 6.35. The Bertz CT molecular complexity index is 911. The van der Waals surface area contributed by atoms with Gasteiger partial charge in [0.25, 0.3) is 5.91 Å². The van der Waals surface area contributed by atoms with Gasteiger partial charge in [-0.1, -0.05) is 28.3 Å². The number of amides is 1. The van der Waals surface area contributed by atoms with Gasteiger partial charge in [0.15, 0.2) is 11.6 Å². The summed E-state index contributed by atoms with van der Waals surface area (Å²) in [5.41, 5.74) is 0.368. The molecule has 0 radical (unpaired) electrons. The van der Waals surface area contributed by atoms with Gasteiger partial charge >= 0.3 is 6.01 Å². The van der Waals surface area contributed by atoms with Crippen LogP contribution in [0.3, 0.4) is 0 Å². The van der Waals surface area contributed by atoms with Crippen molar-refractivity contribution in [1.82, 2.24) is 10.2 Å². The Morgan fingerprint density at radius 3 is 2.38 bits per heavy atom. The summed E-state index contributed by atoms with van der Waals surface area (Å²) in [6.07, 6.45) is 0. The Hall–Kier alpha value is -2.51. The Labute approximate surface area is 144 Å². The Kier molecular flexibility index (Phi) is 4.46. The highest BCUT2D eigenvalue weighted by Gasteiger charge is 2.15. The number of carbonyl (C=O) groups excluding carboxylic acids is 1. The molecule has 2 aromatic carbocycles. The van der Waals surface area contributed by atoms with Crippen LogP contribution in [0.2, 0.25) is 10.0 Å². The van der Waals surface area contributed by atoms with Crippen LogP contribution in [0, 0.1) is 11.6 Å². The lowest BCUT2D eigenvalue weighted by molar-refractivity contribution is 0.102. The van der Waals surface area contributed by atoms with E-state index in [1.165, 1.54) is 6.07 Å². The molecule has 0 unspecified atom stereocenters. The van der Waals surface area contributed by atoms with E-state index in [0.29, 0.717) is 15.6 Å². The average Bonchev–Trinajstić information content (AvgIpc) is 2.97. The number of halogens is 4. The van der Waals surface area contributed by atoms with Crippen LogP contribution in [0.4, 0.5) is 14.8 Å². The number of carbonyl (C=O) groups is 1. The lowest BCUT2D eigenvalue weighted by Crippen LogP contribution is -2.12. The van der Waals surface area contributed by atoms with Crippen molar-refractivity contribution in [2.24, 2.45) is 0 Å². The number of hydrogen-bond acceptors (Lipinski definition) is 4. The van der Waals surface area contributed by atoms with E-state index < -0.39 is 17.5 Å². The Balaban J connectivity index is 1.80. The van der Waals surface area contributed by atoms with E-state index in [1.54, 1.807) is 12.1 Å². The predicted molar refractivity (Wildman–Crippen MR) is 84.1 cm³/mol.